The molecule has 0 bridgehead atoms. The second-order valence-electron chi connectivity index (χ2n) is 7.58. The monoisotopic (exact) mass is 368 g/mol. The molecule has 0 aromatic carbocycles. The van der Waals surface area contributed by atoms with E-state index < -0.39 is 0 Å². The number of H-pyrrole nitrogens is 1. The lowest BCUT2D eigenvalue weighted by Gasteiger charge is -2.35. The van der Waals surface area contributed by atoms with Gasteiger partial charge in [-0.15, -0.1) is 0 Å². The van der Waals surface area contributed by atoms with Crippen molar-refractivity contribution < 1.29 is 4.79 Å². The van der Waals surface area contributed by atoms with Crippen LogP contribution >= 0.6 is 0 Å². The summed E-state index contributed by atoms with van der Waals surface area (Å²) in [4.78, 5) is 28.6. The summed E-state index contributed by atoms with van der Waals surface area (Å²) < 4.78 is 0. The van der Waals surface area contributed by atoms with E-state index in [1.807, 2.05) is 23.5 Å². The van der Waals surface area contributed by atoms with Crippen molar-refractivity contribution in [3.8, 4) is 0 Å². The van der Waals surface area contributed by atoms with Crippen molar-refractivity contribution in [2.24, 2.45) is 5.92 Å². The minimum Gasteiger partial charge on any atom is -0.371 e. The standard InChI is InChI=1S/C20H28N6O/c27-20(26-11-1-2-17(15-26)19-22-9-10-23-19)24-14-16-5-12-25(13-6-16)18-3-7-21-8-4-18/h3-4,7-10,16-17H,1-2,5-6,11-15H2,(H,22,23)(H,24,27). The molecule has 2 aromatic heterocycles. The molecule has 2 aromatic rings. The van der Waals surface area contributed by atoms with E-state index in [1.54, 1.807) is 6.20 Å². The Balaban J connectivity index is 1.22. The average Bonchev–Trinajstić information content (AvgIpc) is 3.28. The van der Waals surface area contributed by atoms with Crippen LogP contribution in [0.25, 0.3) is 0 Å². The molecular weight excluding hydrogens is 340 g/mol. The molecule has 2 aliphatic heterocycles. The van der Waals surface area contributed by atoms with Gasteiger partial charge in [-0.05, 0) is 43.7 Å². The van der Waals surface area contributed by atoms with Gasteiger partial charge in [-0.1, -0.05) is 0 Å². The largest absolute Gasteiger partial charge is 0.371 e. The number of aromatic nitrogens is 3. The van der Waals surface area contributed by atoms with Crippen molar-refractivity contribution in [2.75, 3.05) is 37.6 Å². The number of urea groups is 1. The number of pyridine rings is 1. The Morgan fingerprint density at radius 3 is 2.70 bits per heavy atom. The van der Waals surface area contributed by atoms with Crippen LogP contribution in [0.3, 0.4) is 0 Å². The summed E-state index contributed by atoms with van der Waals surface area (Å²) in [6.07, 6.45) is 11.7. The van der Waals surface area contributed by atoms with Gasteiger partial charge in [0.1, 0.15) is 5.82 Å². The Morgan fingerprint density at radius 1 is 1.15 bits per heavy atom. The quantitative estimate of drug-likeness (QED) is 0.870. The fraction of sp³-hybridized carbons (Fsp3) is 0.550. The summed E-state index contributed by atoms with van der Waals surface area (Å²) >= 11 is 0. The van der Waals surface area contributed by atoms with Gasteiger partial charge in [0.05, 0.1) is 0 Å². The molecular formula is C20H28N6O. The first-order valence-corrected chi connectivity index (χ1v) is 9.96. The number of rotatable bonds is 4. The minimum atomic E-state index is 0.0721. The van der Waals surface area contributed by atoms with Crippen molar-refractivity contribution in [1.29, 1.82) is 0 Å². The molecule has 1 unspecified atom stereocenters. The van der Waals surface area contributed by atoms with E-state index in [2.05, 4.69) is 37.3 Å². The molecule has 2 saturated heterocycles. The lowest BCUT2D eigenvalue weighted by atomic mass is 9.96. The molecule has 2 aliphatic rings. The Morgan fingerprint density at radius 2 is 1.96 bits per heavy atom. The highest BCUT2D eigenvalue weighted by Gasteiger charge is 2.27. The number of hydrogen-bond acceptors (Lipinski definition) is 4. The molecule has 2 N–H and O–H groups in total. The maximum Gasteiger partial charge on any atom is 0.317 e. The SMILES string of the molecule is O=C(NCC1CCN(c2ccncc2)CC1)N1CCCC(c2ncc[nH]2)C1. The fourth-order valence-corrected chi connectivity index (χ4v) is 4.18. The number of nitrogens with zero attached hydrogens (tertiary/aromatic N) is 4. The van der Waals surface area contributed by atoms with Crippen molar-refractivity contribution in [1.82, 2.24) is 25.2 Å². The number of imidazole rings is 1. The Kier molecular flexibility index (Phi) is 5.55. The molecule has 4 rings (SSSR count). The zero-order chi connectivity index (χ0) is 18.5. The zero-order valence-electron chi connectivity index (χ0n) is 15.7. The molecule has 0 aliphatic carbocycles. The number of carbonyl (C=O) groups excluding carboxylic acids is 1. The zero-order valence-corrected chi connectivity index (χ0v) is 15.7. The van der Waals surface area contributed by atoms with Crippen LogP contribution < -0.4 is 10.2 Å². The van der Waals surface area contributed by atoms with Gasteiger partial charge in [-0.2, -0.15) is 0 Å². The van der Waals surface area contributed by atoms with Gasteiger partial charge in [0, 0.05) is 69.1 Å². The van der Waals surface area contributed by atoms with Crippen LogP contribution in [0.15, 0.2) is 36.9 Å². The van der Waals surface area contributed by atoms with E-state index >= 15 is 0 Å². The first kappa shape index (κ1) is 17.8. The third kappa shape index (κ3) is 4.40. The number of amides is 2. The second kappa shape index (κ2) is 8.41. The number of aromatic amines is 1. The first-order chi connectivity index (χ1) is 13.3. The van der Waals surface area contributed by atoms with Crippen LogP contribution in [-0.2, 0) is 0 Å². The molecule has 0 radical (unpaired) electrons. The molecule has 27 heavy (non-hydrogen) atoms. The molecule has 1 atom stereocenters. The van der Waals surface area contributed by atoms with Crippen LogP contribution in [0, 0.1) is 5.92 Å². The average molecular weight is 368 g/mol. The number of piperidine rings is 2. The smallest absolute Gasteiger partial charge is 0.317 e. The third-order valence-electron chi connectivity index (χ3n) is 5.80. The van der Waals surface area contributed by atoms with Crippen LogP contribution in [0.4, 0.5) is 10.5 Å². The maximum atomic E-state index is 12.6. The number of nitrogens with one attached hydrogen (secondary N) is 2. The number of likely N-dealkylation sites (tertiary alicyclic amines) is 1. The van der Waals surface area contributed by atoms with Gasteiger partial charge in [-0.25, -0.2) is 9.78 Å². The lowest BCUT2D eigenvalue weighted by Crippen LogP contribution is -2.47. The Bertz CT molecular complexity index is 711. The summed E-state index contributed by atoms with van der Waals surface area (Å²) in [6.45, 7) is 4.43. The molecule has 0 spiro atoms. The van der Waals surface area contributed by atoms with E-state index in [-0.39, 0.29) is 6.03 Å². The fourth-order valence-electron chi connectivity index (χ4n) is 4.18. The van der Waals surface area contributed by atoms with Crippen molar-refractivity contribution in [3.63, 3.8) is 0 Å². The van der Waals surface area contributed by atoms with Gasteiger partial charge in [0.25, 0.3) is 0 Å². The Hall–Kier alpha value is -2.57. The summed E-state index contributed by atoms with van der Waals surface area (Å²) in [6, 6.07) is 4.20. The molecule has 4 heterocycles. The van der Waals surface area contributed by atoms with Crippen molar-refractivity contribution in [3.05, 3.63) is 42.7 Å². The topological polar surface area (TPSA) is 77.2 Å². The minimum absolute atomic E-state index is 0.0721. The molecule has 2 fully saturated rings. The van der Waals surface area contributed by atoms with E-state index in [4.69, 9.17) is 0 Å². The summed E-state index contributed by atoms with van der Waals surface area (Å²) in [5, 5.41) is 3.17. The maximum absolute atomic E-state index is 12.6. The number of anilines is 1. The van der Waals surface area contributed by atoms with Crippen LogP contribution in [0.2, 0.25) is 0 Å². The molecule has 0 saturated carbocycles. The second-order valence-corrected chi connectivity index (χ2v) is 7.58. The molecule has 7 nitrogen and oxygen atoms in total. The van der Waals surface area contributed by atoms with Crippen LogP contribution in [-0.4, -0.2) is 58.6 Å². The van der Waals surface area contributed by atoms with E-state index in [9.17, 15) is 4.79 Å². The Labute approximate surface area is 160 Å². The van der Waals surface area contributed by atoms with Crippen LogP contribution in [0.1, 0.15) is 37.4 Å². The molecule has 7 heteroatoms. The highest BCUT2D eigenvalue weighted by atomic mass is 16.2. The highest BCUT2D eigenvalue weighted by molar-refractivity contribution is 5.74. The summed E-state index contributed by atoms with van der Waals surface area (Å²) in [5.41, 5.74) is 1.24. The number of carbonyl (C=O) groups is 1. The van der Waals surface area contributed by atoms with Crippen molar-refractivity contribution >= 4 is 11.7 Å². The van der Waals surface area contributed by atoms with Gasteiger partial charge in [0.2, 0.25) is 0 Å². The van der Waals surface area contributed by atoms with E-state index in [1.165, 1.54) is 5.69 Å². The van der Waals surface area contributed by atoms with Gasteiger partial charge < -0.3 is 20.1 Å². The van der Waals surface area contributed by atoms with Crippen molar-refractivity contribution in [2.45, 2.75) is 31.6 Å². The number of hydrogen-bond donors (Lipinski definition) is 2. The van der Waals surface area contributed by atoms with Gasteiger partial charge >= 0.3 is 6.03 Å². The summed E-state index contributed by atoms with van der Waals surface area (Å²) in [7, 11) is 0. The summed E-state index contributed by atoms with van der Waals surface area (Å²) in [5.74, 6) is 1.87. The third-order valence-corrected chi connectivity index (χ3v) is 5.80. The predicted molar refractivity (Wildman–Crippen MR) is 105 cm³/mol. The van der Waals surface area contributed by atoms with E-state index in [0.717, 1.165) is 64.2 Å². The lowest BCUT2D eigenvalue weighted by molar-refractivity contribution is 0.176. The normalized spacial score (nSPS) is 21.3. The molecule has 144 valence electrons. The first-order valence-electron chi connectivity index (χ1n) is 9.96. The van der Waals surface area contributed by atoms with Gasteiger partial charge in [0.15, 0.2) is 0 Å². The predicted octanol–water partition coefficient (Wildman–Crippen LogP) is 2.61. The van der Waals surface area contributed by atoms with Crippen LogP contribution in [0.5, 0.6) is 0 Å². The highest BCUT2D eigenvalue weighted by Crippen LogP contribution is 2.25. The van der Waals surface area contributed by atoms with E-state index in [0.29, 0.717) is 11.8 Å². The van der Waals surface area contributed by atoms with Gasteiger partial charge in [-0.3, -0.25) is 4.98 Å². The molecule has 2 amide bonds.